The number of hydrogen-bond donors (Lipinski definition) is 2. The van der Waals surface area contributed by atoms with Crippen molar-refractivity contribution in [3.8, 4) is 0 Å². The number of aromatic nitrogens is 3. The minimum absolute atomic E-state index is 0.143. The highest BCUT2D eigenvalue weighted by Crippen LogP contribution is 2.07. The van der Waals surface area contributed by atoms with Crippen LogP contribution in [-0.4, -0.2) is 38.2 Å². The maximum atomic E-state index is 12.0. The first kappa shape index (κ1) is 13.9. The van der Waals surface area contributed by atoms with Crippen LogP contribution in [0, 0.1) is 5.92 Å². The zero-order chi connectivity index (χ0) is 14.7. The Balaban J connectivity index is 2.24. The molecule has 1 amide bonds. The largest absolute Gasteiger partial charge is 0.480 e. The summed E-state index contributed by atoms with van der Waals surface area (Å²) in [7, 11) is 0. The van der Waals surface area contributed by atoms with Crippen molar-refractivity contribution >= 4 is 22.9 Å². The Morgan fingerprint density at radius 1 is 1.15 bits per heavy atom. The van der Waals surface area contributed by atoms with E-state index in [0.29, 0.717) is 11.0 Å². The number of rotatable bonds is 4. The van der Waals surface area contributed by atoms with E-state index in [4.69, 9.17) is 5.11 Å². The number of carbonyl (C=O) groups excluding carboxylic acids is 1. The lowest BCUT2D eigenvalue weighted by Gasteiger charge is -2.17. The molecule has 0 bridgehead atoms. The van der Waals surface area contributed by atoms with Crippen LogP contribution < -0.4 is 5.32 Å². The lowest BCUT2D eigenvalue weighted by atomic mass is 10.0. The second kappa shape index (κ2) is 5.60. The molecule has 2 aromatic rings. The van der Waals surface area contributed by atoms with Crippen LogP contribution in [0.15, 0.2) is 24.3 Å². The fourth-order valence-electron chi connectivity index (χ4n) is 1.70. The van der Waals surface area contributed by atoms with E-state index in [1.54, 1.807) is 38.1 Å². The summed E-state index contributed by atoms with van der Waals surface area (Å²) in [5.74, 6) is -2.13. The van der Waals surface area contributed by atoms with Crippen molar-refractivity contribution in [2.24, 2.45) is 5.92 Å². The molecule has 0 aliphatic heterocycles. The summed E-state index contributed by atoms with van der Waals surface area (Å²) in [5, 5.41) is 19.0. The Kier molecular flexibility index (Phi) is 3.88. The highest BCUT2D eigenvalue weighted by atomic mass is 16.4. The summed E-state index contributed by atoms with van der Waals surface area (Å²) in [6, 6.07) is 6.01. The van der Waals surface area contributed by atoms with Crippen LogP contribution in [0.5, 0.6) is 0 Å². The van der Waals surface area contributed by atoms with E-state index in [1.807, 2.05) is 0 Å². The van der Waals surface area contributed by atoms with E-state index in [-0.39, 0.29) is 11.7 Å². The standard InChI is InChI=1S/C13H14N4O3/c1-7(2)10(13(19)20)15-12(18)11-14-8-5-3-4-6-9(8)16-17-11/h3-7,10H,1-2H3,(H,15,18)(H,19,20)/t10-/m0/s1. The maximum Gasteiger partial charge on any atom is 0.326 e. The Morgan fingerprint density at radius 3 is 2.40 bits per heavy atom. The second-order valence-electron chi connectivity index (χ2n) is 4.66. The number of carboxylic acid groups (broad SMARTS) is 1. The van der Waals surface area contributed by atoms with E-state index < -0.39 is 17.9 Å². The van der Waals surface area contributed by atoms with E-state index in [9.17, 15) is 9.59 Å². The third-order valence-corrected chi connectivity index (χ3v) is 2.78. The van der Waals surface area contributed by atoms with Crippen LogP contribution >= 0.6 is 0 Å². The Hall–Kier alpha value is -2.57. The number of benzene rings is 1. The van der Waals surface area contributed by atoms with Gasteiger partial charge >= 0.3 is 5.97 Å². The predicted molar refractivity (Wildman–Crippen MR) is 71.1 cm³/mol. The average molecular weight is 274 g/mol. The van der Waals surface area contributed by atoms with E-state index in [1.165, 1.54) is 0 Å². The number of carbonyl (C=O) groups is 2. The first-order chi connectivity index (χ1) is 9.49. The molecule has 1 aromatic carbocycles. The minimum atomic E-state index is -1.10. The molecule has 0 saturated heterocycles. The molecule has 0 spiro atoms. The molecule has 2 rings (SSSR count). The molecule has 2 N–H and O–H groups in total. The number of para-hydroxylation sites is 1. The highest BCUT2D eigenvalue weighted by molar-refractivity contribution is 5.94. The molecule has 0 radical (unpaired) electrons. The van der Waals surface area contributed by atoms with Crippen LogP contribution in [-0.2, 0) is 4.79 Å². The average Bonchev–Trinajstić information content (AvgIpc) is 2.43. The van der Waals surface area contributed by atoms with Crippen molar-refractivity contribution in [1.29, 1.82) is 0 Å². The van der Waals surface area contributed by atoms with E-state index >= 15 is 0 Å². The molecule has 104 valence electrons. The molecule has 1 heterocycles. The summed E-state index contributed by atoms with van der Waals surface area (Å²) >= 11 is 0. The Morgan fingerprint density at radius 2 is 1.80 bits per heavy atom. The molecule has 0 aliphatic carbocycles. The van der Waals surface area contributed by atoms with Gasteiger partial charge in [0.15, 0.2) is 0 Å². The van der Waals surface area contributed by atoms with Crippen molar-refractivity contribution in [2.75, 3.05) is 0 Å². The van der Waals surface area contributed by atoms with Crippen molar-refractivity contribution in [2.45, 2.75) is 19.9 Å². The SMILES string of the molecule is CC(C)[C@H](NC(=O)c1nnc2ccccc2n1)C(=O)O. The molecule has 0 aliphatic rings. The smallest absolute Gasteiger partial charge is 0.326 e. The Labute approximate surface area is 115 Å². The molecule has 0 unspecified atom stereocenters. The van der Waals surface area contributed by atoms with Crippen molar-refractivity contribution in [3.05, 3.63) is 30.1 Å². The first-order valence-corrected chi connectivity index (χ1v) is 6.12. The molecular weight excluding hydrogens is 260 g/mol. The predicted octanol–water partition coefficient (Wildman–Crippen LogP) is 0.864. The van der Waals surface area contributed by atoms with Gasteiger partial charge in [0.2, 0.25) is 5.82 Å². The zero-order valence-electron chi connectivity index (χ0n) is 11.1. The summed E-state index contributed by atoms with van der Waals surface area (Å²) in [6.07, 6.45) is 0. The monoisotopic (exact) mass is 274 g/mol. The number of nitrogens with zero attached hydrogens (tertiary/aromatic N) is 3. The van der Waals surface area contributed by atoms with Gasteiger partial charge < -0.3 is 10.4 Å². The normalized spacial score (nSPS) is 12.3. The maximum absolute atomic E-state index is 12.0. The summed E-state index contributed by atoms with van der Waals surface area (Å²) in [4.78, 5) is 27.1. The van der Waals surface area contributed by atoms with Crippen LogP contribution in [0.3, 0.4) is 0 Å². The molecule has 7 heteroatoms. The molecule has 1 aromatic heterocycles. The third-order valence-electron chi connectivity index (χ3n) is 2.78. The number of hydrogen-bond acceptors (Lipinski definition) is 5. The minimum Gasteiger partial charge on any atom is -0.480 e. The van der Waals surface area contributed by atoms with E-state index in [2.05, 4.69) is 20.5 Å². The van der Waals surface area contributed by atoms with Gasteiger partial charge in [-0.3, -0.25) is 4.79 Å². The quantitative estimate of drug-likeness (QED) is 0.856. The summed E-state index contributed by atoms with van der Waals surface area (Å²) in [6.45, 7) is 3.41. The van der Waals surface area contributed by atoms with Gasteiger partial charge in [0.25, 0.3) is 5.91 Å². The molecular formula is C13H14N4O3. The first-order valence-electron chi connectivity index (χ1n) is 6.12. The van der Waals surface area contributed by atoms with Crippen molar-refractivity contribution in [3.63, 3.8) is 0 Å². The fourth-order valence-corrected chi connectivity index (χ4v) is 1.70. The van der Waals surface area contributed by atoms with Crippen LogP contribution in [0.25, 0.3) is 11.0 Å². The zero-order valence-corrected chi connectivity index (χ0v) is 11.1. The molecule has 0 fully saturated rings. The van der Waals surface area contributed by atoms with Gasteiger partial charge in [-0.2, -0.15) is 0 Å². The van der Waals surface area contributed by atoms with Gasteiger partial charge in [0.1, 0.15) is 11.6 Å². The molecule has 7 nitrogen and oxygen atoms in total. The highest BCUT2D eigenvalue weighted by Gasteiger charge is 2.25. The molecule has 20 heavy (non-hydrogen) atoms. The van der Waals surface area contributed by atoms with Gasteiger partial charge in [0, 0.05) is 0 Å². The summed E-state index contributed by atoms with van der Waals surface area (Å²) < 4.78 is 0. The lowest BCUT2D eigenvalue weighted by molar-refractivity contribution is -0.140. The Bertz CT molecular complexity index is 657. The van der Waals surface area contributed by atoms with Crippen LogP contribution in [0.2, 0.25) is 0 Å². The number of fused-ring (bicyclic) bond motifs is 1. The van der Waals surface area contributed by atoms with Gasteiger partial charge in [-0.1, -0.05) is 26.0 Å². The van der Waals surface area contributed by atoms with Gasteiger partial charge in [0.05, 0.1) is 5.52 Å². The van der Waals surface area contributed by atoms with Gasteiger partial charge in [-0.25, -0.2) is 9.78 Å². The number of aliphatic carboxylic acids is 1. The van der Waals surface area contributed by atoms with E-state index in [0.717, 1.165) is 0 Å². The van der Waals surface area contributed by atoms with Crippen LogP contribution in [0.4, 0.5) is 0 Å². The lowest BCUT2D eigenvalue weighted by Crippen LogP contribution is -2.44. The topological polar surface area (TPSA) is 105 Å². The van der Waals surface area contributed by atoms with Crippen LogP contribution in [0.1, 0.15) is 24.5 Å². The summed E-state index contributed by atoms with van der Waals surface area (Å²) in [5.41, 5.74) is 1.10. The van der Waals surface area contributed by atoms with Gasteiger partial charge in [-0.15, -0.1) is 10.2 Å². The van der Waals surface area contributed by atoms with Gasteiger partial charge in [-0.05, 0) is 18.1 Å². The number of amides is 1. The molecule has 0 saturated carbocycles. The number of carboxylic acids is 1. The third kappa shape index (κ3) is 2.87. The van der Waals surface area contributed by atoms with Crippen molar-refractivity contribution in [1.82, 2.24) is 20.5 Å². The molecule has 1 atom stereocenters. The fraction of sp³-hybridized carbons (Fsp3) is 0.308. The second-order valence-corrected chi connectivity index (χ2v) is 4.66. The van der Waals surface area contributed by atoms with Crippen molar-refractivity contribution < 1.29 is 14.7 Å². The number of nitrogens with one attached hydrogen (secondary N) is 1.